The summed E-state index contributed by atoms with van der Waals surface area (Å²) in [5, 5.41) is 0.450. The van der Waals surface area contributed by atoms with Gasteiger partial charge in [-0.3, -0.25) is 14.4 Å². The summed E-state index contributed by atoms with van der Waals surface area (Å²) in [5.74, 6) is -2.02. The first-order chi connectivity index (χ1) is 13.5. The molecule has 3 aliphatic rings. The topological polar surface area (TPSA) is 57.7 Å². The fraction of sp³-hybridized carbons (Fsp3) is 0.227. The number of carbonyl (C=O) groups excluding carboxylic acids is 3. The molecule has 28 heavy (non-hydrogen) atoms. The van der Waals surface area contributed by atoms with Gasteiger partial charge in [-0.05, 0) is 36.8 Å². The second kappa shape index (κ2) is 6.04. The van der Waals surface area contributed by atoms with Gasteiger partial charge in [-0.1, -0.05) is 48.0 Å². The maximum absolute atomic E-state index is 13.3. The molecule has 0 radical (unpaired) electrons. The second-order valence-corrected chi connectivity index (χ2v) is 7.85. The minimum absolute atomic E-state index is 0.114. The number of amides is 2. The van der Waals surface area contributed by atoms with Crippen LogP contribution in [0.3, 0.4) is 0 Å². The van der Waals surface area contributed by atoms with Gasteiger partial charge in [0.2, 0.25) is 11.8 Å². The molecule has 5 rings (SSSR count). The highest BCUT2D eigenvalue weighted by atomic mass is 35.5. The quantitative estimate of drug-likeness (QED) is 0.736. The highest BCUT2D eigenvalue weighted by Gasteiger charge is 2.63. The van der Waals surface area contributed by atoms with E-state index in [1.165, 1.54) is 11.8 Å². The Labute approximate surface area is 167 Å². The fourth-order valence-electron chi connectivity index (χ4n) is 4.84. The molecule has 3 heterocycles. The van der Waals surface area contributed by atoms with Gasteiger partial charge in [-0.25, -0.2) is 4.90 Å². The van der Waals surface area contributed by atoms with Gasteiger partial charge in [0.15, 0.2) is 5.78 Å². The molecule has 0 unspecified atom stereocenters. The van der Waals surface area contributed by atoms with E-state index in [0.717, 1.165) is 11.3 Å². The van der Waals surface area contributed by atoms with Crippen molar-refractivity contribution in [2.24, 2.45) is 11.8 Å². The molecule has 2 aromatic carbocycles. The maximum Gasteiger partial charge on any atom is 0.240 e. The van der Waals surface area contributed by atoms with Gasteiger partial charge >= 0.3 is 0 Å². The molecule has 140 valence electrons. The van der Waals surface area contributed by atoms with Crippen molar-refractivity contribution >= 4 is 46.6 Å². The predicted octanol–water partition coefficient (Wildman–Crippen LogP) is 3.32. The average Bonchev–Trinajstić information content (AvgIpc) is 3.15. The Morgan fingerprint density at radius 2 is 1.75 bits per heavy atom. The summed E-state index contributed by atoms with van der Waals surface area (Å²) in [4.78, 5) is 42.5. The van der Waals surface area contributed by atoms with E-state index in [1.807, 2.05) is 41.3 Å². The van der Waals surface area contributed by atoms with Crippen LogP contribution in [0.1, 0.15) is 12.5 Å². The molecule has 5 nitrogen and oxygen atoms in total. The third-order valence-corrected chi connectivity index (χ3v) is 6.13. The third-order valence-electron chi connectivity index (χ3n) is 5.90. The van der Waals surface area contributed by atoms with Crippen molar-refractivity contribution in [3.63, 3.8) is 0 Å². The number of carbonyl (C=O) groups is 3. The number of ketones is 1. The van der Waals surface area contributed by atoms with E-state index in [1.54, 1.807) is 24.3 Å². The summed E-state index contributed by atoms with van der Waals surface area (Å²) in [6.45, 7) is 1.49. The molecule has 0 aliphatic carbocycles. The van der Waals surface area contributed by atoms with E-state index in [0.29, 0.717) is 10.7 Å². The Balaban J connectivity index is 1.63. The molecule has 0 saturated carbocycles. The highest BCUT2D eigenvalue weighted by molar-refractivity contribution is 6.31. The monoisotopic (exact) mass is 392 g/mol. The molecule has 2 amide bonds. The van der Waals surface area contributed by atoms with Crippen LogP contribution < -0.4 is 9.80 Å². The SMILES string of the molecule is CC(=O)[C@@H]1[C@@H]2C(=O)N(c3cccc(Cl)c3)C(=O)[C@@H]2[C@H]2C=Cc3ccccc3N21. The fourth-order valence-corrected chi connectivity index (χ4v) is 5.03. The molecule has 2 aromatic rings. The molecule has 2 saturated heterocycles. The van der Waals surface area contributed by atoms with Crippen molar-refractivity contribution < 1.29 is 14.4 Å². The minimum atomic E-state index is -0.704. The van der Waals surface area contributed by atoms with Gasteiger partial charge < -0.3 is 4.90 Å². The number of Topliss-reactive ketones (excluding diaryl/α,β-unsaturated/α-hetero) is 1. The van der Waals surface area contributed by atoms with Gasteiger partial charge in [0.05, 0.1) is 23.6 Å². The van der Waals surface area contributed by atoms with Gasteiger partial charge in [0.1, 0.15) is 6.04 Å². The van der Waals surface area contributed by atoms with Crippen LogP contribution in [0.5, 0.6) is 0 Å². The molecular weight excluding hydrogens is 376 g/mol. The largest absolute Gasteiger partial charge is 0.353 e. The van der Waals surface area contributed by atoms with Crippen LogP contribution in [0.15, 0.2) is 54.6 Å². The molecule has 0 N–H and O–H groups in total. The molecular formula is C22H17ClN2O3. The number of imide groups is 1. The van der Waals surface area contributed by atoms with Gasteiger partial charge in [-0.15, -0.1) is 0 Å². The third kappa shape index (κ3) is 2.23. The summed E-state index contributed by atoms with van der Waals surface area (Å²) >= 11 is 6.06. The standard InChI is InChI=1S/C22H17ClN2O3/c1-12(26)20-19-18(17-10-9-13-5-2-3-8-16(13)25(17)20)21(27)24(22(19)28)15-7-4-6-14(23)11-15/h2-11,17-20H,1H3/t17-,18-,19-,20-/m1/s1. The van der Waals surface area contributed by atoms with E-state index in [-0.39, 0.29) is 23.6 Å². The van der Waals surface area contributed by atoms with Gasteiger partial charge in [0, 0.05) is 10.7 Å². The summed E-state index contributed by atoms with van der Waals surface area (Å²) in [6.07, 6.45) is 3.91. The van der Waals surface area contributed by atoms with Crippen molar-refractivity contribution in [3.8, 4) is 0 Å². The Morgan fingerprint density at radius 1 is 1.00 bits per heavy atom. The van der Waals surface area contributed by atoms with Crippen LogP contribution in [-0.4, -0.2) is 29.7 Å². The van der Waals surface area contributed by atoms with Gasteiger partial charge in [-0.2, -0.15) is 0 Å². The summed E-state index contributed by atoms with van der Waals surface area (Å²) in [7, 11) is 0. The number of benzene rings is 2. The Kier molecular flexibility index (Phi) is 3.71. The lowest BCUT2D eigenvalue weighted by atomic mass is 9.88. The normalized spacial score (nSPS) is 27.6. The molecule has 3 aliphatic heterocycles. The number of fused-ring (bicyclic) bond motifs is 5. The lowest BCUT2D eigenvalue weighted by Gasteiger charge is -2.36. The first kappa shape index (κ1) is 17.2. The first-order valence-electron chi connectivity index (χ1n) is 9.18. The van der Waals surface area contributed by atoms with E-state index >= 15 is 0 Å². The maximum atomic E-state index is 13.3. The van der Waals surface area contributed by atoms with E-state index < -0.39 is 17.9 Å². The van der Waals surface area contributed by atoms with Crippen LogP contribution in [-0.2, 0) is 14.4 Å². The van der Waals surface area contributed by atoms with Crippen molar-refractivity contribution in [1.82, 2.24) is 0 Å². The van der Waals surface area contributed by atoms with Crippen LogP contribution in [0.4, 0.5) is 11.4 Å². The average molecular weight is 393 g/mol. The highest BCUT2D eigenvalue weighted by Crippen LogP contribution is 2.49. The van der Waals surface area contributed by atoms with Gasteiger partial charge in [0.25, 0.3) is 0 Å². The number of para-hydroxylation sites is 1. The number of hydrogen-bond donors (Lipinski definition) is 0. The van der Waals surface area contributed by atoms with Crippen LogP contribution in [0.2, 0.25) is 5.02 Å². The molecule has 2 fully saturated rings. The van der Waals surface area contributed by atoms with E-state index in [2.05, 4.69) is 0 Å². The molecule has 6 heteroatoms. The number of halogens is 1. The predicted molar refractivity (Wildman–Crippen MR) is 107 cm³/mol. The summed E-state index contributed by atoms with van der Waals surface area (Å²) in [5.41, 5.74) is 2.32. The first-order valence-corrected chi connectivity index (χ1v) is 9.56. The van der Waals surface area contributed by atoms with E-state index in [9.17, 15) is 14.4 Å². The van der Waals surface area contributed by atoms with Crippen LogP contribution in [0.25, 0.3) is 6.08 Å². The summed E-state index contributed by atoms with van der Waals surface area (Å²) < 4.78 is 0. The molecule has 0 aromatic heterocycles. The Hall–Kier alpha value is -2.92. The lowest BCUT2D eigenvalue weighted by Crippen LogP contribution is -2.48. The van der Waals surface area contributed by atoms with E-state index in [4.69, 9.17) is 11.6 Å². The van der Waals surface area contributed by atoms with Crippen molar-refractivity contribution in [1.29, 1.82) is 0 Å². The number of hydrogen-bond acceptors (Lipinski definition) is 4. The zero-order valence-electron chi connectivity index (χ0n) is 15.1. The lowest BCUT2D eigenvalue weighted by molar-refractivity contribution is -0.126. The zero-order valence-corrected chi connectivity index (χ0v) is 15.8. The molecule has 0 spiro atoms. The minimum Gasteiger partial charge on any atom is -0.353 e. The Morgan fingerprint density at radius 3 is 2.50 bits per heavy atom. The number of anilines is 2. The zero-order chi connectivity index (χ0) is 19.6. The number of rotatable bonds is 2. The number of nitrogens with zero attached hydrogens (tertiary/aromatic N) is 2. The second-order valence-electron chi connectivity index (χ2n) is 7.41. The Bertz CT molecular complexity index is 1060. The molecule has 0 bridgehead atoms. The molecule has 4 atom stereocenters. The summed E-state index contributed by atoms with van der Waals surface area (Å²) in [6, 6.07) is 13.4. The van der Waals surface area contributed by atoms with Crippen LogP contribution >= 0.6 is 11.6 Å². The van der Waals surface area contributed by atoms with Crippen LogP contribution in [0, 0.1) is 11.8 Å². The van der Waals surface area contributed by atoms with Crippen molar-refractivity contribution in [2.75, 3.05) is 9.80 Å². The van der Waals surface area contributed by atoms with Crippen molar-refractivity contribution in [2.45, 2.75) is 19.0 Å². The smallest absolute Gasteiger partial charge is 0.240 e. The van der Waals surface area contributed by atoms with Crippen molar-refractivity contribution in [3.05, 3.63) is 65.2 Å².